The Bertz CT molecular complexity index is 1390. The number of nitrogens with zero attached hydrogens (tertiary/aromatic N) is 3. The number of carbonyl (C=O) groups excluding carboxylic acids is 3. The molecule has 0 atom stereocenters. The Morgan fingerprint density at radius 3 is 2.23 bits per heavy atom. The lowest BCUT2D eigenvalue weighted by molar-refractivity contribution is -0.136. The van der Waals surface area contributed by atoms with Crippen LogP contribution in [0.1, 0.15) is 72.0 Å². The van der Waals surface area contributed by atoms with Crippen LogP contribution in [0, 0.1) is 34.5 Å². The number of amides is 2. The summed E-state index contributed by atoms with van der Waals surface area (Å²) in [6.45, 7) is 3.53. The van der Waals surface area contributed by atoms with Gasteiger partial charge in [0.25, 0.3) is 0 Å². The second-order valence-corrected chi connectivity index (χ2v) is 13.4. The number of ether oxygens (including phenoxy) is 2. The maximum absolute atomic E-state index is 13.0. The van der Waals surface area contributed by atoms with Crippen LogP contribution in [0.2, 0.25) is 0 Å². The van der Waals surface area contributed by atoms with Gasteiger partial charge in [-0.2, -0.15) is 5.26 Å². The van der Waals surface area contributed by atoms with Gasteiger partial charge < -0.3 is 19.7 Å². The van der Waals surface area contributed by atoms with Gasteiger partial charge in [0.2, 0.25) is 11.8 Å². The lowest BCUT2D eigenvalue weighted by atomic mass is 9.49. The van der Waals surface area contributed by atoms with Gasteiger partial charge >= 0.3 is 5.97 Å². The number of carbonyl (C=O) groups is 3. The lowest BCUT2D eigenvalue weighted by Crippen LogP contribution is -2.51. The van der Waals surface area contributed by atoms with Gasteiger partial charge in [-0.25, -0.2) is 4.79 Å². The molecule has 44 heavy (non-hydrogen) atoms. The highest BCUT2D eigenvalue weighted by Gasteiger charge is 2.51. The largest absolute Gasteiger partial charge is 0.489 e. The molecule has 4 bridgehead atoms. The number of nitrogens with one attached hydrogen (secondary N) is 1. The minimum Gasteiger partial charge on any atom is -0.489 e. The Kier molecular flexibility index (Phi) is 8.90. The van der Waals surface area contributed by atoms with Crippen molar-refractivity contribution in [1.29, 1.82) is 5.26 Å². The summed E-state index contributed by atoms with van der Waals surface area (Å²) in [7, 11) is 1.35. The predicted molar refractivity (Wildman–Crippen MR) is 163 cm³/mol. The number of piperazine rings is 1. The Hall–Kier alpha value is -3.90. The van der Waals surface area contributed by atoms with Crippen molar-refractivity contribution in [1.82, 2.24) is 15.1 Å². The van der Waals surface area contributed by atoms with Crippen molar-refractivity contribution in [2.75, 3.05) is 39.8 Å². The summed E-state index contributed by atoms with van der Waals surface area (Å²) in [6, 6.07) is 14.7. The van der Waals surface area contributed by atoms with Gasteiger partial charge in [-0.3, -0.25) is 14.5 Å². The van der Waals surface area contributed by atoms with Gasteiger partial charge in [-0.05, 0) is 97.6 Å². The topological polar surface area (TPSA) is 112 Å². The number of esters is 1. The molecule has 232 valence electrons. The monoisotopic (exact) mass is 598 g/mol. The first-order chi connectivity index (χ1) is 21.3. The molecule has 5 fully saturated rings. The highest BCUT2D eigenvalue weighted by atomic mass is 16.5. The SMILES string of the molecule is COC(=O)c1ccc(COc2ccc(C#N)cc2CN2CCN(C(=O)CNC(=O)CC34CC5CC(CC(C5)C3)C4)CC2)cc1. The van der Waals surface area contributed by atoms with Crippen LogP contribution in [0.5, 0.6) is 5.75 Å². The van der Waals surface area contributed by atoms with Gasteiger partial charge in [0.1, 0.15) is 12.4 Å². The third kappa shape index (κ3) is 6.91. The van der Waals surface area contributed by atoms with Crippen LogP contribution in [-0.2, 0) is 27.5 Å². The van der Waals surface area contributed by atoms with Crippen molar-refractivity contribution < 1.29 is 23.9 Å². The van der Waals surface area contributed by atoms with E-state index in [1.807, 2.05) is 29.2 Å². The third-order valence-corrected chi connectivity index (χ3v) is 10.2. The Balaban J connectivity index is 0.971. The number of methoxy groups -OCH3 is 1. The summed E-state index contributed by atoms with van der Waals surface area (Å²) in [5, 5.41) is 12.4. The van der Waals surface area contributed by atoms with E-state index in [0.717, 1.165) is 28.9 Å². The molecule has 4 saturated carbocycles. The molecule has 0 radical (unpaired) electrons. The second-order valence-electron chi connectivity index (χ2n) is 13.4. The molecule has 1 heterocycles. The first-order valence-electron chi connectivity index (χ1n) is 15.9. The van der Waals surface area contributed by atoms with E-state index in [2.05, 4.69) is 16.3 Å². The molecule has 4 aliphatic carbocycles. The summed E-state index contributed by atoms with van der Waals surface area (Å²) < 4.78 is 10.9. The van der Waals surface area contributed by atoms with Crippen molar-refractivity contribution in [3.8, 4) is 11.8 Å². The van der Waals surface area contributed by atoms with E-state index in [1.165, 1.54) is 45.6 Å². The lowest BCUT2D eigenvalue weighted by Gasteiger charge is -2.56. The molecule has 1 aliphatic heterocycles. The fourth-order valence-corrected chi connectivity index (χ4v) is 8.52. The fourth-order valence-electron chi connectivity index (χ4n) is 8.52. The van der Waals surface area contributed by atoms with Gasteiger partial charge in [-0.15, -0.1) is 0 Å². The molecular formula is C35H42N4O5. The van der Waals surface area contributed by atoms with E-state index < -0.39 is 0 Å². The molecule has 5 aliphatic rings. The Morgan fingerprint density at radius 2 is 1.61 bits per heavy atom. The normalized spacial score (nSPS) is 25.7. The molecule has 9 heteroatoms. The summed E-state index contributed by atoms with van der Waals surface area (Å²) >= 11 is 0. The Labute approximate surface area is 259 Å². The average Bonchev–Trinajstić information content (AvgIpc) is 3.02. The molecule has 0 spiro atoms. The van der Waals surface area contributed by atoms with E-state index in [9.17, 15) is 19.6 Å². The molecule has 2 aromatic rings. The van der Waals surface area contributed by atoms with E-state index in [-0.39, 0.29) is 29.7 Å². The summed E-state index contributed by atoms with van der Waals surface area (Å²) in [6.07, 6.45) is 8.22. The van der Waals surface area contributed by atoms with E-state index in [0.29, 0.717) is 62.6 Å². The molecule has 1 N–H and O–H groups in total. The average molecular weight is 599 g/mol. The van der Waals surface area contributed by atoms with Crippen molar-refractivity contribution in [3.05, 3.63) is 64.7 Å². The maximum Gasteiger partial charge on any atom is 0.337 e. The van der Waals surface area contributed by atoms with Gasteiger partial charge in [0.05, 0.1) is 30.9 Å². The molecule has 2 aromatic carbocycles. The first-order valence-corrected chi connectivity index (χ1v) is 15.9. The molecule has 0 unspecified atom stereocenters. The second kappa shape index (κ2) is 13.0. The van der Waals surface area contributed by atoms with Crippen LogP contribution in [0.25, 0.3) is 0 Å². The zero-order valence-corrected chi connectivity index (χ0v) is 25.6. The molecule has 7 rings (SSSR count). The maximum atomic E-state index is 13.0. The highest BCUT2D eigenvalue weighted by molar-refractivity contribution is 5.89. The van der Waals surface area contributed by atoms with Crippen molar-refractivity contribution in [2.24, 2.45) is 23.2 Å². The van der Waals surface area contributed by atoms with Gasteiger partial charge in [-0.1, -0.05) is 12.1 Å². The fraction of sp³-hybridized carbons (Fsp3) is 0.543. The van der Waals surface area contributed by atoms with Gasteiger partial charge in [0, 0.05) is 44.7 Å². The van der Waals surface area contributed by atoms with Crippen LogP contribution < -0.4 is 10.1 Å². The number of rotatable bonds is 10. The number of hydrogen-bond acceptors (Lipinski definition) is 7. The molecule has 2 amide bonds. The van der Waals surface area contributed by atoms with Crippen LogP contribution in [0.4, 0.5) is 0 Å². The Morgan fingerprint density at radius 1 is 0.955 bits per heavy atom. The zero-order chi connectivity index (χ0) is 30.7. The molecule has 0 aromatic heterocycles. The summed E-state index contributed by atoms with van der Waals surface area (Å²) in [4.78, 5) is 41.7. The molecular weight excluding hydrogens is 556 g/mol. The first kappa shape index (κ1) is 30.1. The summed E-state index contributed by atoms with van der Waals surface area (Å²) in [5.41, 5.74) is 3.03. The van der Waals surface area contributed by atoms with Crippen LogP contribution >= 0.6 is 0 Å². The molecule has 1 saturated heterocycles. The van der Waals surface area contributed by atoms with E-state index in [1.54, 1.807) is 18.2 Å². The van der Waals surface area contributed by atoms with Crippen molar-refractivity contribution in [2.45, 2.75) is 58.1 Å². The minimum atomic E-state index is -0.383. The van der Waals surface area contributed by atoms with Crippen LogP contribution in [-0.4, -0.2) is 67.4 Å². The highest BCUT2D eigenvalue weighted by Crippen LogP contribution is 2.61. The quantitative estimate of drug-likeness (QED) is 0.406. The van der Waals surface area contributed by atoms with Crippen molar-refractivity contribution in [3.63, 3.8) is 0 Å². The van der Waals surface area contributed by atoms with E-state index in [4.69, 9.17) is 9.47 Å². The third-order valence-electron chi connectivity index (χ3n) is 10.2. The predicted octanol–water partition coefficient (Wildman–Crippen LogP) is 4.29. The number of hydrogen-bond donors (Lipinski definition) is 1. The number of benzene rings is 2. The number of nitriles is 1. The van der Waals surface area contributed by atoms with Crippen LogP contribution in [0.15, 0.2) is 42.5 Å². The van der Waals surface area contributed by atoms with Crippen molar-refractivity contribution >= 4 is 17.8 Å². The zero-order valence-electron chi connectivity index (χ0n) is 25.6. The minimum absolute atomic E-state index is 0.0303. The van der Waals surface area contributed by atoms with E-state index >= 15 is 0 Å². The summed E-state index contributed by atoms with van der Waals surface area (Å²) in [5.74, 6) is 2.74. The standard InChI is InChI=1S/C35H42N4O5/c1-43-34(42)29-5-2-24(3-6-29)23-44-31-7-4-25(20-36)15-30(31)22-38-8-10-39(11-9-38)33(41)21-37-32(40)19-35-16-26-12-27(17-35)14-28(13-26)18-35/h2-7,15,26-28H,8-14,16-19,21-23H2,1H3,(H,37,40). The molecule has 9 nitrogen and oxygen atoms in total. The van der Waals surface area contributed by atoms with Gasteiger partial charge in [0.15, 0.2) is 0 Å². The smallest absolute Gasteiger partial charge is 0.337 e. The van der Waals surface area contributed by atoms with Crippen LogP contribution in [0.3, 0.4) is 0 Å².